The van der Waals surface area contributed by atoms with E-state index >= 15 is 0 Å². The van der Waals surface area contributed by atoms with Gasteiger partial charge in [-0.15, -0.1) is 0 Å². The number of benzene rings is 1. The molecule has 0 unspecified atom stereocenters. The molecule has 0 saturated heterocycles. The van der Waals surface area contributed by atoms with E-state index in [9.17, 15) is 13.2 Å². The average Bonchev–Trinajstić information content (AvgIpc) is 3.21. The monoisotopic (exact) mass is 388 g/mol. The highest BCUT2D eigenvalue weighted by molar-refractivity contribution is 7.89. The molecule has 0 saturated carbocycles. The topological polar surface area (TPSA) is 136 Å². The van der Waals surface area contributed by atoms with Crippen molar-refractivity contribution < 1.29 is 13.2 Å². The summed E-state index contributed by atoms with van der Waals surface area (Å²) in [5.74, 6) is 0.433. The number of carbonyl (C=O) groups excluding carboxylic acids is 1. The number of nitrogens with two attached hydrogens (primary N) is 1. The van der Waals surface area contributed by atoms with E-state index in [4.69, 9.17) is 5.14 Å². The predicted molar refractivity (Wildman–Crippen MR) is 99.9 cm³/mol. The van der Waals surface area contributed by atoms with Crippen LogP contribution in [0, 0.1) is 13.8 Å². The molecule has 0 aliphatic heterocycles. The lowest BCUT2D eigenvalue weighted by Crippen LogP contribution is -2.13. The van der Waals surface area contributed by atoms with Gasteiger partial charge in [0, 0.05) is 18.2 Å². The van der Waals surface area contributed by atoms with E-state index in [0.717, 1.165) is 22.6 Å². The Labute approximate surface area is 156 Å². The summed E-state index contributed by atoms with van der Waals surface area (Å²) in [6, 6.07) is 7.86. The maximum Gasteiger partial charge on any atom is 0.238 e. The number of aromatic amines is 1. The number of carbonyl (C=O) groups is 1. The summed E-state index contributed by atoms with van der Waals surface area (Å²) in [6.45, 7) is 3.79. The number of anilines is 1. The zero-order valence-corrected chi connectivity index (χ0v) is 15.7. The highest BCUT2D eigenvalue weighted by atomic mass is 32.2. The van der Waals surface area contributed by atoms with E-state index in [1.54, 1.807) is 29.1 Å². The van der Waals surface area contributed by atoms with Gasteiger partial charge in [0.1, 0.15) is 5.82 Å². The Morgan fingerprint density at radius 3 is 2.52 bits per heavy atom. The average molecular weight is 388 g/mol. The number of amides is 1. The van der Waals surface area contributed by atoms with E-state index in [-0.39, 0.29) is 10.8 Å². The van der Waals surface area contributed by atoms with Crippen molar-refractivity contribution in [1.82, 2.24) is 20.0 Å². The van der Waals surface area contributed by atoms with Gasteiger partial charge < -0.3 is 5.32 Å². The Kier molecular flexibility index (Phi) is 5.10. The Balaban J connectivity index is 1.75. The standard InChI is InChI=1S/C17H20N6O3S/c1-11-15(7-8-17(24)20-16-9-10-19-21-16)12(2)23(22-11)13-3-5-14(6-4-13)27(18,25)26/h3-6,9-10H,7-8H2,1-2H3,(H2,18,25,26)(H2,19,20,21,24). The van der Waals surface area contributed by atoms with Crippen molar-refractivity contribution in [1.29, 1.82) is 0 Å². The highest BCUT2D eigenvalue weighted by Gasteiger charge is 2.15. The fraction of sp³-hybridized carbons (Fsp3) is 0.235. The molecule has 0 radical (unpaired) electrons. The third-order valence-corrected chi connectivity index (χ3v) is 5.16. The smallest absolute Gasteiger partial charge is 0.238 e. The van der Waals surface area contributed by atoms with Crippen molar-refractivity contribution in [2.24, 2.45) is 5.14 Å². The van der Waals surface area contributed by atoms with Crippen LogP contribution < -0.4 is 10.5 Å². The number of H-pyrrole nitrogens is 1. The van der Waals surface area contributed by atoms with Crippen LogP contribution in [0.4, 0.5) is 5.82 Å². The summed E-state index contributed by atoms with van der Waals surface area (Å²) in [6.07, 6.45) is 2.40. The molecular weight excluding hydrogens is 368 g/mol. The molecular formula is C17H20N6O3S. The van der Waals surface area contributed by atoms with E-state index in [2.05, 4.69) is 20.6 Å². The SMILES string of the molecule is Cc1nn(-c2ccc(S(N)(=O)=O)cc2)c(C)c1CCC(=O)Nc1ccn[nH]1. The first-order chi connectivity index (χ1) is 12.8. The van der Waals surface area contributed by atoms with Gasteiger partial charge in [-0.05, 0) is 50.1 Å². The first-order valence-corrected chi connectivity index (χ1v) is 9.78. The lowest BCUT2D eigenvalue weighted by Gasteiger charge is -2.07. The summed E-state index contributed by atoms with van der Waals surface area (Å²) >= 11 is 0. The van der Waals surface area contributed by atoms with Gasteiger partial charge in [0.15, 0.2) is 0 Å². The molecule has 142 valence electrons. The molecule has 0 aliphatic carbocycles. The largest absolute Gasteiger partial charge is 0.311 e. The summed E-state index contributed by atoms with van der Waals surface area (Å²) < 4.78 is 24.5. The van der Waals surface area contributed by atoms with Crippen LogP contribution in [-0.2, 0) is 21.2 Å². The minimum absolute atomic E-state index is 0.0449. The van der Waals surface area contributed by atoms with E-state index in [1.807, 2.05) is 13.8 Å². The summed E-state index contributed by atoms with van der Waals surface area (Å²) in [5.41, 5.74) is 3.41. The molecule has 2 aromatic heterocycles. The molecule has 0 bridgehead atoms. The van der Waals surface area contributed by atoms with Crippen molar-refractivity contribution in [2.45, 2.75) is 31.6 Å². The number of nitrogens with one attached hydrogen (secondary N) is 2. The second-order valence-corrected chi connectivity index (χ2v) is 7.68. The van der Waals surface area contributed by atoms with Crippen LogP contribution in [0.2, 0.25) is 0 Å². The summed E-state index contributed by atoms with van der Waals surface area (Å²) in [5, 5.41) is 18.8. The van der Waals surface area contributed by atoms with Crippen molar-refractivity contribution in [3.8, 4) is 5.69 Å². The number of hydrogen-bond acceptors (Lipinski definition) is 5. The normalized spacial score (nSPS) is 11.5. The molecule has 27 heavy (non-hydrogen) atoms. The van der Waals surface area contributed by atoms with Gasteiger partial charge in [-0.2, -0.15) is 10.2 Å². The third kappa shape index (κ3) is 4.23. The molecule has 1 amide bonds. The highest BCUT2D eigenvalue weighted by Crippen LogP contribution is 2.20. The van der Waals surface area contributed by atoms with Crippen LogP contribution in [0.1, 0.15) is 23.4 Å². The Morgan fingerprint density at radius 1 is 1.22 bits per heavy atom. The maximum absolute atomic E-state index is 12.1. The molecule has 0 spiro atoms. The Morgan fingerprint density at radius 2 is 1.93 bits per heavy atom. The lowest BCUT2D eigenvalue weighted by molar-refractivity contribution is -0.116. The van der Waals surface area contributed by atoms with Crippen molar-refractivity contribution in [2.75, 3.05) is 5.32 Å². The molecule has 0 fully saturated rings. The quantitative estimate of drug-likeness (QED) is 0.587. The predicted octanol–water partition coefficient (Wildman–Crippen LogP) is 1.43. The zero-order valence-electron chi connectivity index (χ0n) is 14.9. The number of sulfonamides is 1. The van der Waals surface area contributed by atoms with Gasteiger partial charge >= 0.3 is 0 Å². The molecule has 2 heterocycles. The van der Waals surface area contributed by atoms with Gasteiger partial charge in [0.05, 0.1) is 22.5 Å². The summed E-state index contributed by atoms with van der Waals surface area (Å²) in [4.78, 5) is 12.1. The lowest BCUT2D eigenvalue weighted by atomic mass is 10.1. The van der Waals surface area contributed by atoms with Gasteiger partial charge in [-0.1, -0.05) is 0 Å². The zero-order chi connectivity index (χ0) is 19.6. The Bertz CT molecular complexity index is 1050. The van der Waals surface area contributed by atoms with Crippen LogP contribution in [0.5, 0.6) is 0 Å². The van der Waals surface area contributed by atoms with Crippen molar-refractivity contribution in [3.05, 3.63) is 53.5 Å². The van der Waals surface area contributed by atoms with Crippen LogP contribution >= 0.6 is 0 Å². The van der Waals surface area contributed by atoms with Crippen LogP contribution in [-0.4, -0.2) is 34.3 Å². The molecule has 0 aliphatic rings. The molecule has 3 aromatic rings. The Hall–Kier alpha value is -2.98. The van der Waals surface area contributed by atoms with Crippen LogP contribution in [0.3, 0.4) is 0 Å². The van der Waals surface area contributed by atoms with E-state index in [1.165, 1.54) is 12.1 Å². The fourth-order valence-corrected chi connectivity index (χ4v) is 3.36. The minimum Gasteiger partial charge on any atom is -0.311 e. The van der Waals surface area contributed by atoms with Gasteiger partial charge in [0.25, 0.3) is 0 Å². The molecule has 0 atom stereocenters. The number of primary sulfonamides is 1. The minimum atomic E-state index is -3.74. The number of rotatable bonds is 6. The van der Waals surface area contributed by atoms with Gasteiger partial charge in [0.2, 0.25) is 15.9 Å². The molecule has 1 aromatic carbocycles. The molecule has 10 heteroatoms. The van der Waals surface area contributed by atoms with E-state index in [0.29, 0.717) is 18.7 Å². The van der Waals surface area contributed by atoms with E-state index < -0.39 is 10.0 Å². The second-order valence-electron chi connectivity index (χ2n) is 6.12. The first-order valence-electron chi connectivity index (χ1n) is 8.23. The first kappa shape index (κ1) is 18.8. The molecule has 3 rings (SSSR count). The van der Waals surface area contributed by atoms with Crippen molar-refractivity contribution >= 4 is 21.7 Å². The third-order valence-electron chi connectivity index (χ3n) is 4.23. The number of aryl methyl sites for hydroxylation is 1. The maximum atomic E-state index is 12.1. The van der Waals surface area contributed by atoms with Crippen LogP contribution in [0.15, 0.2) is 41.4 Å². The number of hydrogen-bond donors (Lipinski definition) is 3. The van der Waals surface area contributed by atoms with Crippen LogP contribution in [0.25, 0.3) is 5.69 Å². The second kappa shape index (κ2) is 7.33. The molecule has 4 N–H and O–H groups in total. The number of nitrogens with zero attached hydrogens (tertiary/aromatic N) is 3. The summed E-state index contributed by atoms with van der Waals surface area (Å²) in [7, 11) is -3.74. The van der Waals surface area contributed by atoms with Gasteiger partial charge in [-0.25, -0.2) is 18.2 Å². The number of aromatic nitrogens is 4. The molecule has 9 nitrogen and oxygen atoms in total. The fourth-order valence-electron chi connectivity index (χ4n) is 2.84. The van der Waals surface area contributed by atoms with Gasteiger partial charge in [-0.3, -0.25) is 9.89 Å². The van der Waals surface area contributed by atoms with Crippen molar-refractivity contribution in [3.63, 3.8) is 0 Å².